The quantitative estimate of drug-likeness (QED) is 0.181. The van der Waals surface area contributed by atoms with Gasteiger partial charge in [-0.15, -0.1) is 5.10 Å². The lowest BCUT2D eigenvalue weighted by Crippen LogP contribution is -2.35. The van der Waals surface area contributed by atoms with Crippen LogP contribution in [0, 0.1) is 5.82 Å². The summed E-state index contributed by atoms with van der Waals surface area (Å²) in [6.07, 6.45) is -0.411. The highest BCUT2D eigenvalue weighted by molar-refractivity contribution is 5.91. The van der Waals surface area contributed by atoms with Crippen LogP contribution in [0.2, 0.25) is 0 Å². The summed E-state index contributed by atoms with van der Waals surface area (Å²) in [5, 5.41) is 13.0. The maximum absolute atomic E-state index is 14.9. The molecule has 0 fully saturated rings. The van der Waals surface area contributed by atoms with E-state index in [1.165, 1.54) is 43.2 Å². The second kappa shape index (κ2) is 12.5. The van der Waals surface area contributed by atoms with Crippen molar-refractivity contribution in [2.45, 2.75) is 45.3 Å². The van der Waals surface area contributed by atoms with Gasteiger partial charge in [-0.1, -0.05) is 17.3 Å². The third-order valence-electron chi connectivity index (χ3n) is 6.28. The lowest BCUT2D eigenvalue weighted by atomic mass is 9.89. The van der Waals surface area contributed by atoms with E-state index in [0.717, 1.165) is 19.9 Å². The molecule has 0 unspecified atom stereocenters. The maximum atomic E-state index is 14.9. The van der Waals surface area contributed by atoms with Crippen molar-refractivity contribution in [1.29, 1.82) is 0 Å². The first-order valence-corrected chi connectivity index (χ1v) is 12.7. The summed E-state index contributed by atoms with van der Waals surface area (Å²) in [6, 6.07) is 5.18. The molecule has 0 radical (unpaired) electrons. The van der Waals surface area contributed by atoms with E-state index in [-0.39, 0.29) is 29.8 Å². The number of hydrogen-bond donors (Lipinski definition) is 2. The van der Waals surface area contributed by atoms with Gasteiger partial charge in [0, 0.05) is 30.9 Å². The molecule has 16 heteroatoms. The van der Waals surface area contributed by atoms with Crippen LogP contribution in [0.15, 0.2) is 47.4 Å². The van der Waals surface area contributed by atoms with Crippen LogP contribution in [0.3, 0.4) is 0 Å². The minimum atomic E-state index is -4.59. The van der Waals surface area contributed by atoms with Gasteiger partial charge >= 0.3 is 12.1 Å². The van der Waals surface area contributed by atoms with E-state index in [0.29, 0.717) is 23.4 Å². The summed E-state index contributed by atoms with van der Waals surface area (Å²) in [4.78, 5) is 31.9. The number of benzene rings is 1. The molecular formula is C27H27F4N7O5. The largest absolute Gasteiger partial charge is 0.478 e. The van der Waals surface area contributed by atoms with Crippen LogP contribution in [-0.4, -0.2) is 56.7 Å². The van der Waals surface area contributed by atoms with Crippen LogP contribution in [0.25, 0.3) is 11.1 Å². The van der Waals surface area contributed by atoms with Gasteiger partial charge in [-0.25, -0.2) is 14.4 Å². The van der Waals surface area contributed by atoms with Crippen molar-refractivity contribution in [1.82, 2.24) is 24.9 Å². The van der Waals surface area contributed by atoms with Crippen LogP contribution in [0.4, 0.5) is 35.0 Å². The van der Waals surface area contributed by atoms with Crippen molar-refractivity contribution in [3.05, 3.63) is 60.0 Å². The van der Waals surface area contributed by atoms with E-state index in [2.05, 4.69) is 30.9 Å². The average molecular weight is 606 g/mol. The van der Waals surface area contributed by atoms with Crippen molar-refractivity contribution < 1.29 is 41.1 Å². The standard InChI is InChI=1S/C27H27F4N7O5/c1-15(39)42-8-7-38-14-20(24(36-38)41-4)34-25-32-12-18(13-33-25)16-5-6-17(19(28)9-16)10-23(40)35-22-11-21(43-37-22)26(2,3)27(29,30)31/h5-6,9,11-14H,7-8,10H2,1-4H3,(H,32,33,34)(H,35,37,40). The smallest absolute Gasteiger partial charge is 0.401 e. The molecule has 0 atom stereocenters. The summed E-state index contributed by atoms with van der Waals surface area (Å²) >= 11 is 0. The Morgan fingerprint density at radius 1 is 1.09 bits per heavy atom. The topological polar surface area (TPSA) is 146 Å². The SMILES string of the molecule is COc1nn(CCOC(C)=O)cc1Nc1ncc(-c2ccc(CC(=O)Nc3cc(C(C)(C)C(F)(F)F)on3)c(F)c2)cn1. The first-order chi connectivity index (χ1) is 20.3. The van der Waals surface area contributed by atoms with Crippen LogP contribution >= 0.6 is 0 Å². The molecule has 0 aliphatic carbocycles. The van der Waals surface area contributed by atoms with Gasteiger partial charge in [0.15, 0.2) is 11.6 Å². The number of amides is 1. The van der Waals surface area contributed by atoms with Crippen LogP contribution in [0.5, 0.6) is 5.88 Å². The fourth-order valence-corrected chi connectivity index (χ4v) is 3.70. The van der Waals surface area contributed by atoms with Crippen molar-refractivity contribution in [3.63, 3.8) is 0 Å². The lowest BCUT2D eigenvalue weighted by molar-refractivity contribution is -0.185. The minimum Gasteiger partial charge on any atom is -0.478 e. The molecule has 1 aromatic carbocycles. The molecule has 0 spiro atoms. The molecule has 3 aromatic heterocycles. The van der Waals surface area contributed by atoms with E-state index in [9.17, 15) is 27.2 Å². The predicted octanol–water partition coefficient (Wildman–Crippen LogP) is 4.80. The minimum absolute atomic E-state index is 0.0533. The fraction of sp³-hybridized carbons (Fsp3) is 0.333. The number of carbonyl (C=O) groups is 2. The Bertz CT molecular complexity index is 1600. The summed E-state index contributed by atoms with van der Waals surface area (Å²) in [6.45, 7) is 3.61. The van der Waals surface area contributed by atoms with Gasteiger partial charge in [-0.2, -0.15) is 13.2 Å². The van der Waals surface area contributed by atoms with Crippen molar-refractivity contribution in [2.75, 3.05) is 24.4 Å². The Morgan fingerprint density at radius 3 is 2.44 bits per heavy atom. The molecule has 0 saturated carbocycles. The molecule has 228 valence electrons. The van der Waals surface area contributed by atoms with Gasteiger partial charge in [0.25, 0.3) is 5.88 Å². The zero-order valence-corrected chi connectivity index (χ0v) is 23.5. The monoisotopic (exact) mass is 605 g/mol. The number of halogens is 4. The first kappa shape index (κ1) is 30.9. The molecule has 4 rings (SSSR count). The molecule has 0 aliphatic heterocycles. The van der Waals surface area contributed by atoms with Gasteiger partial charge in [0.2, 0.25) is 11.9 Å². The van der Waals surface area contributed by atoms with E-state index < -0.39 is 41.5 Å². The molecule has 4 aromatic rings. The predicted molar refractivity (Wildman–Crippen MR) is 144 cm³/mol. The van der Waals surface area contributed by atoms with Gasteiger partial charge < -0.3 is 24.6 Å². The molecular weight excluding hydrogens is 578 g/mol. The number of anilines is 3. The number of nitrogens with zero attached hydrogens (tertiary/aromatic N) is 5. The Labute approximate surface area is 242 Å². The average Bonchev–Trinajstić information content (AvgIpc) is 3.56. The van der Waals surface area contributed by atoms with Crippen LogP contribution in [-0.2, 0) is 32.7 Å². The normalized spacial score (nSPS) is 11.7. The highest BCUT2D eigenvalue weighted by atomic mass is 19.4. The van der Waals surface area contributed by atoms with Crippen LogP contribution in [0.1, 0.15) is 32.1 Å². The van der Waals surface area contributed by atoms with Crippen molar-refractivity contribution in [3.8, 4) is 17.0 Å². The summed E-state index contributed by atoms with van der Waals surface area (Å²) in [5.41, 5.74) is -0.853. The highest BCUT2D eigenvalue weighted by Crippen LogP contribution is 2.41. The zero-order chi connectivity index (χ0) is 31.4. The third kappa shape index (κ3) is 7.44. The summed E-state index contributed by atoms with van der Waals surface area (Å²) in [7, 11) is 1.44. The van der Waals surface area contributed by atoms with Gasteiger partial charge in [-0.3, -0.25) is 14.3 Å². The Kier molecular flexibility index (Phi) is 8.96. The summed E-state index contributed by atoms with van der Waals surface area (Å²) in [5.74, 6) is -1.98. The number of ether oxygens (including phenoxy) is 2. The van der Waals surface area contributed by atoms with Gasteiger partial charge in [0.1, 0.15) is 23.5 Å². The van der Waals surface area contributed by atoms with Gasteiger partial charge in [0.05, 0.1) is 26.3 Å². The van der Waals surface area contributed by atoms with E-state index in [1.807, 2.05) is 0 Å². The van der Waals surface area contributed by atoms with Gasteiger partial charge in [-0.05, 0) is 31.0 Å². The number of aromatic nitrogens is 5. The molecule has 0 bridgehead atoms. The number of hydrogen-bond acceptors (Lipinski definition) is 10. The second-order valence-electron chi connectivity index (χ2n) is 9.81. The van der Waals surface area contributed by atoms with Crippen molar-refractivity contribution >= 4 is 29.3 Å². The van der Waals surface area contributed by atoms with E-state index in [1.54, 1.807) is 12.3 Å². The molecule has 3 heterocycles. The van der Waals surface area contributed by atoms with E-state index in [4.69, 9.17) is 14.0 Å². The first-order valence-electron chi connectivity index (χ1n) is 12.7. The van der Waals surface area contributed by atoms with Crippen molar-refractivity contribution in [2.24, 2.45) is 0 Å². The zero-order valence-electron chi connectivity index (χ0n) is 23.5. The fourth-order valence-electron chi connectivity index (χ4n) is 3.70. The number of carbonyl (C=O) groups excluding carboxylic acids is 2. The maximum Gasteiger partial charge on any atom is 0.401 e. The van der Waals surface area contributed by atoms with E-state index >= 15 is 0 Å². The Hall–Kier alpha value is -5.02. The lowest BCUT2D eigenvalue weighted by Gasteiger charge is -2.24. The summed E-state index contributed by atoms with van der Waals surface area (Å²) < 4.78 is 71.0. The molecule has 12 nitrogen and oxygen atoms in total. The molecule has 43 heavy (non-hydrogen) atoms. The molecule has 0 aliphatic rings. The highest BCUT2D eigenvalue weighted by Gasteiger charge is 2.51. The molecule has 0 saturated heterocycles. The third-order valence-corrected chi connectivity index (χ3v) is 6.28. The Morgan fingerprint density at radius 2 is 1.81 bits per heavy atom. The molecule has 1 amide bonds. The number of rotatable bonds is 11. The number of alkyl halides is 3. The number of nitrogens with one attached hydrogen (secondary N) is 2. The number of methoxy groups -OCH3 is 1. The number of esters is 1. The Balaban J connectivity index is 1.37. The molecule has 2 N–H and O–H groups in total. The second-order valence-corrected chi connectivity index (χ2v) is 9.81. The van der Waals surface area contributed by atoms with Crippen LogP contribution < -0.4 is 15.4 Å².